The number of fused-ring (bicyclic) bond motifs is 1. The smallest absolute Gasteiger partial charge is 0.259 e. The minimum Gasteiger partial charge on any atom is -0.494 e. The van der Waals surface area contributed by atoms with Crippen LogP contribution in [0.4, 0.5) is 4.39 Å². The molecule has 0 bridgehead atoms. The number of carbonyl (C=O) groups excluding carboxylic acids is 1. The number of aryl methyl sites for hydroxylation is 1. The van der Waals surface area contributed by atoms with E-state index >= 15 is 0 Å². The molecule has 4 aromatic rings. The van der Waals surface area contributed by atoms with Crippen molar-refractivity contribution in [3.8, 4) is 28.6 Å². The van der Waals surface area contributed by atoms with Gasteiger partial charge in [0.2, 0.25) is 0 Å². The van der Waals surface area contributed by atoms with Crippen molar-refractivity contribution in [3.05, 3.63) is 60.2 Å². The number of carbonyl (C=O) groups is 1. The molecule has 2 aromatic heterocycles. The SMILES string of the molecule is COc1ccc(-c2nc(C)c3c(SC)cn(-c4cccc(OCC(=O)N(C)C)c4)c3n2)cc1F. The molecule has 0 spiro atoms. The molecule has 2 aromatic carbocycles. The average molecular weight is 481 g/mol. The highest BCUT2D eigenvalue weighted by molar-refractivity contribution is 7.98. The fourth-order valence-electron chi connectivity index (χ4n) is 3.55. The Morgan fingerprint density at radius 2 is 1.97 bits per heavy atom. The van der Waals surface area contributed by atoms with E-state index in [1.807, 2.05) is 42.1 Å². The van der Waals surface area contributed by atoms with Crippen molar-refractivity contribution in [1.29, 1.82) is 0 Å². The number of aromatic nitrogens is 3. The van der Waals surface area contributed by atoms with Crippen LogP contribution in [0.15, 0.2) is 53.6 Å². The molecule has 176 valence electrons. The first-order chi connectivity index (χ1) is 16.3. The lowest BCUT2D eigenvalue weighted by Gasteiger charge is -2.12. The van der Waals surface area contributed by atoms with Crippen molar-refractivity contribution in [2.45, 2.75) is 11.8 Å². The van der Waals surface area contributed by atoms with Gasteiger partial charge in [0.1, 0.15) is 11.4 Å². The number of benzene rings is 2. The average Bonchev–Trinajstić information content (AvgIpc) is 3.22. The predicted molar refractivity (Wildman–Crippen MR) is 132 cm³/mol. The van der Waals surface area contributed by atoms with Crippen molar-refractivity contribution in [2.75, 3.05) is 34.1 Å². The van der Waals surface area contributed by atoms with Gasteiger partial charge in [-0.15, -0.1) is 11.8 Å². The van der Waals surface area contributed by atoms with Gasteiger partial charge >= 0.3 is 0 Å². The van der Waals surface area contributed by atoms with Crippen molar-refractivity contribution in [3.63, 3.8) is 0 Å². The maximum absolute atomic E-state index is 14.3. The fraction of sp³-hybridized carbons (Fsp3) is 0.240. The van der Waals surface area contributed by atoms with Crippen LogP contribution in [0.5, 0.6) is 11.5 Å². The second-order valence-corrected chi connectivity index (χ2v) is 8.67. The number of hydrogen-bond acceptors (Lipinski definition) is 6. The number of likely N-dealkylation sites (N-methyl/N-ethyl adjacent to an activating group) is 1. The fourth-order valence-corrected chi connectivity index (χ4v) is 4.20. The summed E-state index contributed by atoms with van der Waals surface area (Å²) in [5.41, 5.74) is 2.87. The number of rotatable bonds is 7. The van der Waals surface area contributed by atoms with Crippen molar-refractivity contribution in [2.24, 2.45) is 0 Å². The Bertz CT molecular complexity index is 1370. The first kappa shape index (κ1) is 23.6. The third kappa shape index (κ3) is 4.56. The topological polar surface area (TPSA) is 69.5 Å². The number of halogens is 1. The Morgan fingerprint density at radius 1 is 1.18 bits per heavy atom. The second kappa shape index (κ2) is 9.72. The van der Waals surface area contributed by atoms with Crippen LogP contribution in [0.2, 0.25) is 0 Å². The van der Waals surface area contributed by atoms with Crippen LogP contribution in [-0.4, -0.2) is 59.4 Å². The molecule has 9 heteroatoms. The summed E-state index contributed by atoms with van der Waals surface area (Å²) in [5.74, 6) is 0.560. The monoisotopic (exact) mass is 480 g/mol. The molecular formula is C25H25FN4O3S. The number of methoxy groups -OCH3 is 1. The van der Waals surface area contributed by atoms with Crippen LogP contribution in [0.1, 0.15) is 5.69 Å². The summed E-state index contributed by atoms with van der Waals surface area (Å²) in [6.45, 7) is 1.87. The van der Waals surface area contributed by atoms with Gasteiger partial charge in [0.25, 0.3) is 5.91 Å². The minimum atomic E-state index is -0.473. The van der Waals surface area contributed by atoms with Crippen LogP contribution in [0.3, 0.4) is 0 Å². The normalized spacial score (nSPS) is 11.0. The van der Waals surface area contributed by atoms with Gasteiger partial charge in [-0.05, 0) is 43.5 Å². The first-order valence-electron chi connectivity index (χ1n) is 10.5. The molecule has 0 aliphatic heterocycles. The molecule has 0 aliphatic rings. The molecule has 0 fully saturated rings. The third-order valence-electron chi connectivity index (χ3n) is 5.38. The van der Waals surface area contributed by atoms with Crippen LogP contribution < -0.4 is 9.47 Å². The van der Waals surface area contributed by atoms with Crippen molar-refractivity contribution >= 4 is 28.7 Å². The Morgan fingerprint density at radius 3 is 2.65 bits per heavy atom. The summed E-state index contributed by atoms with van der Waals surface area (Å²) in [5, 5.41) is 0.930. The zero-order valence-electron chi connectivity index (χ0n) is 19.6. The zero-order valence-corrected chi connectivity index (χ0v) is 20.4. The second-order valence-electron chi connectivity index (χ2n) is 7.82. The third-order valence-corrected chi connectivity index (χ3v) is 6.13. The molecule has 0 radical (unpaired) electrons. The molecular weight excluding hydrogens is 455 g/mol. The van der Waals surface area contributed by atoms with Gasteiger partial charge in [-0.25, -0.2) is 14.4 Å². The number of ether oxygens (including phenoxy) is 2. The van der Waals surface area contributed by atoms with Crippen molar-refractivity contribution < 1.29 is 18.7 Å². The standard InChI is InChI=1S/C25H25FN4O3S/c1-15-23-21(34-5)13-30(17-7-6-8-18(12-17)33-14-22(31)29(2)3)25(23)28-24(27-15)16-9-10-20(32-4)19(26)11-16/h6-13H,14H2,1-5H3. The summed E-state index contributed by atoms with van der Waals surface area (Å²) >= 11 is 1.60. The maximum Gasteiger partial charge on any atom is 0.259 e. The van der Waals surface area contributed by atoms with Crippen LogP contribution in [-0.2, 0) is 4.79 Å². The lowest BCUT2D eigenvalue weighted by Crippen LogP contribution is -2.27. The highest BCUT2D eigenvalue weighted by Crippen LogP contribution is 2.34. The molecule has 0 unspecified atom stereocenters. The van der Waals surface area contributed by atoms with Gasteiger partial charge < -0.3 is 14.4 Å². The van der Waals surface area contributed by atoms with E-state index in [1.54, 1.807) is 44.1 Å². The van der Waals surface area contributed by atoms with E-state index in [2.05, 4.69) is 4.98 Å². The molecule has 1 amide bonds. The predicted octanol–water partition coefficient (Wildman–Crippen LogP) is 4.73. The molecule has 34 heavy (non-hydrogen) atoms. The highest BCUT2D eigenvalue weighted by atomic mass is 32.2. The lowest BCUT2D eigenvalue weighted by molar-refractivity contribution is -0.130. The molecule has 0 aliphatic carbocycles. The summed E-state index contributed by atoms with van der Waals surface area (Å²) in [4.78, 5) is 23.9. The first-order valence-corrected chi connectivity index (χ1v) is 11.8. The van der Waals surface area contributed by atoms with E-state index in [-0.39, 0.29) is 18.3 Å². The summed E-state index contributed by atoms with van der Waals surface area (Å²) in [6.07, 6.45) is 4.00. The Kier molecular flexibility index (Phi) is 6.74. The van der Waals surface area contributed by atoms with Gasteiger partial charge in [-0.3, -0.25) is 9.36 Å². The van der Waals surface area contributed by atoms with E-state index in [9.17, 15) is 9.18 Å². The Balaban J connectivity index is 1.80. The maximum atomic E-state index is 14.3. The van der Waals surface area contributed by atoms with Crippen LogP contribution >= 0.6 is 11.8 Å². The molecule has 4 rings (SSSR count). The van der Waals surface area contributed by atoms with Gasteiger partial charge in [0, 0.05) is 36.8 Å². The number of amides is 1. The zero-order chi connectivity index (χ0) is 24.4. The van der Waals surface area contributed by atoms with E-state index in [0.29, 0.717) is 22.8 Å². The molecule has 0 saturated carbocycles. The number of nitrogens with zero attached hydrogens (tertiary/aromatic N) is 4. The van der Waals surface area contributed by atoms with E-state index in [0.717, 1.165) is 21.7 Å². The van der Waals surface area contributed by atoms with Gasteiger partial charge in [0.05, 0.1) is 23.9 Å². The van der Waals surface area contributed by atoms with Gasteiger partial charge in [0.15, 0.2) is 24.0 Å². The summed E-state index contributed by atoms with van der Waals surface area (Å²) < 4.78 is 27.0. The number of hydrogen-bond donors (Lipinski definition) is 0. The van der Waals surface area contributed by atoms with Crippen molar-refractivity contribution in [1.82, 2.24) is 19.4 Å². The molecule has 7 nitrogen and oxygen atoms in total. The molecule has 2 heterocycles. The molecule has 0 N–H and O–H groups in total. The number of thioether (sulfide) groups is 1. The van der Waals surface area contributed by atoms with E-state index in [4.69, 9.17) is 14.5 Å². The van der Waals surface area contributed by atoms with E-state index < -0.39 is 5.82 Å². The lowest BCUT2D eigenvalue weighted by atomic mass is 10.2. The van der Waals surface area contributed by atoms with Crippen LogP contribution in [0.25, 0.3) is 28.1 Å². The molecule has 0 atom stereocenters. The van der Waals surface area contributed by atoms with Crippen LogP contribution in [0, 0.1) is 12.7 Å². The Labute approximate surface area is 201 Å². The molecule has 0 saturated heterocycles. The Hall–Kier alpha value is -3.59. The van der Waals surface area contributed by atoms with E-state index in [1.165, 1.54) is 18.1 Å². The largest absolute Gasteiger partial charge is 0.494 e. The quantitative estimate of drug-likeness (QED) is 0.356. The highest BCUT2D eigenvalue weighted by Gasteiger charge is 2.18. The van der Waals surface area contributed by atoms with Gasteiger partial charge in [-0.2, -0.15) is 0 Å². The summed E-state index contributed by atoms with van der Waals surface area (Å²) in [6, 6.07) is 12.1. The van der Waals surface area contributed by atoms with Gasteiger partial charge in [-0.1, -0.05) is 6.07 Å². The summed E-state index contributed by atoms with van der Waals surface area (Å²) in [7, 11) is 4.80. The minimum absolute atomic E-state index is 0.0482.